The minimum absolute atomic E-state index is 0.0950. The Morgan fingerprint density at radius 3 is 2.54 bits per heavy atom. The van der Waals surface area contributed by atoms with Crippen molar-refractivity contribution in [2.24, 2.45) is 0 Å². The lowest BCUT2D eigenvalue weighted by Crippen LogP contribution is -2.48. The summed E-state index contributed by atoms with van der Waals surface area (Å²) in [5, 5.41) is 5.92. The van der Waals surface area contributed by atoms with Crippen LogP contribution in [0.25, 0.3) is 6.08 Å². The van der Waals surface area contributed by atoms with Crippen LogP contribution in [0, 0.1) is 0 Å². The number of rotatable bonds is 4. The quantitative estimate of drug-likeness (QED) is 0.609. The number of thiocarbonyl (C=S) groups is 1. The van der Waals surface area contributed by atoms with E-state index in [1.165, 1.54) is 12.3 Å². The number of amides is 2. The van der Waals surface area contributed by atoms with E-state index in [0.29, 0.717) is 18.8 Å². The summed E-state index contributed by atoms with van der Waals surface area (Å²) in [6.45, 7) is 4.43. The van der Waals surface area contributed by atoms with E-state index in [0.717, 1.165) is 24.5 Å². The van der Waals surface area contributed by atoms with Gasteiger partial charge in [-0.25, -0.2) is 0 Å². The molecule has 1 aromatic heterocycles. The van der Waals surface area contributed by atoms with Gasteiger partial charge in [-0.1, -0.05) is 12.1 Å². The first-order chi connectivity index (χ1) is 13.5. The number of benzene rings is 1. The molecule has 2 aromatic rings. The lowest BCUT2D eigenvalue weighted by molar-refractivity contribution is -0.129. The number of carbonyl (C=O) groups excluding carboxylic acids is 2. The van der Waals surface area contributed by atoms with E-state index in [2.05, 4.69) is 15.5 Å². The van der Waals surface area contributed by atoms with Crippen molar-refractivity contribution in [3.05, 3.63) is 54.5 Å². The average molecular weight is 398 g/mol. The molecule has 1 fully saturated rings. The lowest BCUT2D eigenvalue weighted by Gasteiger charge is -2.36. The molecule has 2 amide bonds. The first-order valence-electron chi connectivity index (χ1n) is 8.96. The third kappa shape index (κ3) is 5.20. The molecule has 0 spiro atoms. The van der Waals surface area contributed by atoms with Crippen LogP contribution in [0.2, 0.25) is 0 Å². The van der Waals surface area contributed by atoms with Crippen LogP contribution < -0.4 is 15.5 Å². The zero-order chi connectivity index (χ0) is 19.9. The lowest BCUT2D eigenvalue weighted by atomic mass is 10.2. The SMILES string of the molecule is CC(=O)N1CCN(c2ccccc2NC(=S)NC(=O)/C=C/c2ccco2)CC1. The molecule has 146 valence electrons. The van der Waals surface area contributed by atoms with Gasteiger partial charge in [-0.3, -0.25) is 14.9 Å². The Labute approximate surface area is 169 Å². The molecule has 1 aliphatic heterocycles. The summed E-state index contributed by atoms with van der Waals surface area (Å²) >= 11 is 5.27. The van der Waals surface area contributed by atoms with Gasteiger partial charge >= 0.3 is 0 Å². The van der Waals surface area contributed by atoms with Crippen molar-refractivity contribution in [3.8, 4) is 0 Å². The summed E-state index contributed by atoms with van der Waals surface area (Å²) in [5.74, 6) is 0.336. The van der Waals surface area contributed by atoms with Crippen LogP contribution in [0.15, 0.2) is 53.2 Å². The van der Waals surface area contributed by atoms with E-state index < -0.39 is 0 Å². The van der Waals surface area contributed by atoms with Crippen molar-refractivity contribution in [1.82, 2.24) is 10.2 Å². The van der Waals surface area contributed by atoms with Gasteiger partial charge in [0.2, 0.25) is 11.8 Å². The molecule has 1 saturated heterocycles. The van der Waals surface area contributed by atoms with Gasteiger partial charge in [-0.2, -0.15) is 0 Å². The number of furan rings is 1. The first-order valence-corrected chi connectivity index (χ1v) is 9.37. The van der Waals surface area contributed by atoms with E-state index in [1.54, 1.807) is 25.1 Å². The normalized spacial score (nSPS) is 14.2. The second-order valence-corrected chi connectivity index (χ2v) is 6.71. The standard InChI is InChI=1S/C20H22N4O3S/c1-15(25)23-10-12-24(13-11-23)18-7-3-2-6-17(18)21-20(28)22-19(26)9-8-16-5-4-14-27-16/h2-9,14H,10-13H2,1H3,(H2,21,22,26,28)/b9-8+. The molecule has 0 atom stereocenters. The Kier molecular flexibility index (Phi) is 6.44. The zero-order valence-corrected chi connectivity index (χ0v) is 16.4. The highest BCUT2D eigenvalue weighted by Gasteiger charge is 2.20. The highest BCUT2D eigenvalue weighted by Crippen LogP contribution is 2.26. The molecule has 0 saturated carbocycles. The molecular formula is C20H22N4O3S. The fourth-order valence-corrected chi connectivity index (χ4v) is 3.18. The van der Waals surface area contributed by atoms with E-state index in [9.17, 15) is 9.59 Å². The second kappa shape index (κ2) is 9.18. The summed E-state index contributed by atoms with van der Waals surface area (Å²) < 4.78 is 5.14. The van der Waals surface area contributed by atoms with E-state index >= 15 is 0 Å². The Hall–Kier alpha value is -3.13. The third-order valence-electron chi connectivity index (χ3n) is 4.40. The van der Waals surface area contributed by atoms with Gasteiger partial charge in [0.05, 0.1) is 17.6 Å². The monoisotopic (exact) mass is 398 g/mol. The summed E-state index contributed by atoms with van der Waals surface area (Å²) in [6, 6.07) is 11.3. The third-order valence-corrected chi connectivity index (χ3v) is 4.60. The molecule has 3 rings (SSSR count). The average Bonchev–Trinajstić information content (AvgIpc) is 3.20. The molecule has 1 aromatic carbocycles. The molecule has 0 aliphatic carbocycles. The molecule has 28 heavy (non-hydrogen) atoms. The van der Waals surface area contributed by atoms with Gasteiger partial charge in [-0.15, -0.1) is 0 Å². The molecule has 2 N–H and O–H groups in total. The van der Waals surface area contributed by atoms with Crippen LogP contribution >= 0.6 is 12.2 Å². The number of para-hydroxylation sites is 2. The molecule has 0 radical (unpaired) electrons. The van der Waals surface area contributed by atoms with Crippen LogP contribution in [-0.2, 0) is 9.59 Å². The second-order valence-electron chi connectivity index (χ2n) is 6.30. The summed E-state index contributed by atoms with van der Waals surface area (Å²) in [4.78, 5) is 27.6. The van der Waals surface area contributed by atoms with Crippen molar-refractivity contribution in [2.45, 2.75) is 6.92 Å². The number of nitrogens with one attached hydrogen (secondary N) is 2. The number of carbonyl (C=O) groups is 2. The number of piperazine rings is 1. The number of hydrogen-bond donors (Lipinski definition) is 2. The van der Waals surface area contributed by atoms with Gasteiger partial charge in [0.25, 0.3) is 0 Å². The van der Waals surface area contributed by atoms with Crippen LogP contribution in [0.3, 0.4) is 0 Å². The molecule has 1 aliphatic rings. The fraction of sp³-hybridized carbons (Fsp3) is 0.250. The number of hydrogen-bond acceptors (Lipinski definition) is 5. The largest absolute Gasteiger partial charge is 0.465 e. The van der Waals surface area contributed by atoms with Gasteiger partial charge < -0.3 is 19.5 Å². The molecule has 0 unspecified atom stereocenters. The molecule has 8 heteroatoms. The fourth-order valence-electron chi connectivity index (χ4n) is 2.97. The summed E-state index contributed by atoms with van der Waals surface area (Å²) in [5.41, 5.74) is 1.78. The van der Waals surface area contributed by atoms with Crippen LogP contribution in [-0.4, -0.2) is 48.0 Å². The van der Waals surface area contributed by atoms with Crippen molar-refractivity contribution >= 4 is 46.6 Å². The van der Waals surface area contributed by atoms with Crippen LogP contribution in [0.1, 0.15) is 12.7 Å². The first kappa shape index (κ1) is 19.6. The molecule has 2 heterocycles. The minimum Gasteiger partial charge on any atom is -0.465 e. The van der Waals surface area contributed by atoms with Crippen molar-refractivity contribution in [3.63, 3.8) is 0 Å². The zero-order valence-electron chi connectivity index (χ0n) is 15.6. The molecule has 7 nitrogen and oxygen atoms in total. The van der Waals surface area contributed by atoms with Gasteiger partial charge in [0.15, 0.2) is 5.11 Å². The van der Waals surface area contributed by atoms with E-state index in [-0.39, 0.29) is 16.9 Å². The Balaban J connectivity index is 1.59. The van der Waals surface area contributed by atoms with Crippen molar-refractivity contribution < 1.29 is 14.0 Å². The smallest absolute Gasteiger partial charge is 0.250 e. The maximum atomic E-state index is 12.0. The van der Waals surface area contributed by atoms with Gasteiger partial charge in [0.1, 0.15) is 5.76 Å². The van der Waals surface area contributed by atoms with Gasteiger partial charge in [0, 0.05) is 39.2 Å². The van der Waals surface area contributed by atoms with Crippen molar-refractivity contribution in [2.75, 3.05) is 36.4 Å². The Morgan fingerprint density at radius 2 is 1.86 bits per heavy atom. The predicted molar refractivity (Wildman–Crippen MR) is 113 cm³/mol. The summed E-state index contributed by atoms with van der Waals surface area (Å²) in [7, 11) is 0. The summed E-state index contributed by atoms with van der Waals surface area (Å²) in [6.07, 6.45) is 4.47. The maximum absolute atomic E-state index is 12.0. The van der Waals surface area contributed by atoms with E-state index in [1.807, 2.05) is 29.2 Å². The Morgan fingerprint density at radius 1 is 1.11 bits per heavy atom. The van der Waals surface area contributed by atoms with Crippen LogP contribution in [0.5, 0.6) is 0 Å². The highest BCUT2D eigenvalue weighted by atomic mass is 32.1. The number of anilines is 2. The predicted octanol–water partition coefficient (Wildman–Crippen LogP) is 2.47. The number of nitrogens with zero attached hydrogens (tertiary/aromatic N) is 2. The highest BCUT2D eigenvalue weighted by molar-refractivity contribution is 7.80. The van der Waals surface area contributed by atoms with Crippen LogP contribution in [0.4, 0.5) is 11.4 Å². The van der Waals surface area contributed by atoms with Gasteiger partial charge in [-0.05, 0) is 42.6 Å². The van der Waals surface area contributed by atoms with Crippen molar-refractivity contribution in [1.29, 1.82) is 0 Å². The molecular weight excluding hydrogens is 376 g/mol. The Bertz CT molecular complexity index is 871. The molecule has 0 bridgehead atoms. The topological polar surface area (TPSA) is 77.8 Å². The maximum Gasteiger partial charge on any atom is 0.250 e. The van der Waals surface area contributed by atoms with E-state index in [4.69, 9.17) is 16.6 Å². The minimum atomic E-state index is -0.346.